The van der Waals surface area contributed by atoms with Gasteiger partial charge in [-0.3, -0.25) is 9.89 Å². The Labute approximate surface area is 155 Å². The van der Waals surface area contributed by atoms with Crippen LogP contribution in [0.5, 0.6) is 0 Å². The van der Waals surface area contributed by atoms with Gasteiger partial charge in [-0.25, -0.2) is 8.42 Å². The highest BCUT2D eigenvalue weighted by molar-refractivity contribution is 7.89. The van der Waals surface area contributed by atoms with Crippen molar-refractivity contribution in [1.82, 2.24) is 19.4 Å². The quantitative estimate of drug-likeness (QED) is 0.851. The molecule has 10 heteroatoms. The summed E-state index contributed by atoms with van der Waals surface area (Å²) in [5.41, 5.74) is 1.12. The number of hydrogen-bond donors (Lipinski definition) is 1. The third-order valence-electron chi connectivity index (χ3n) is 3.98. The predicted octanol–water partition coefficient (Wildman–Crippen LogP) is 2.17. The molecule has 0 bridgehead atoms. The smallest absolute Gasteiger partial charge is 0.274 e. The van der Waals surface area contributed by atoms with E-state index in [-0.39, 0.29) is 47.0 Å². The second-order valence-electron chi connectivity index (χ2n) is 5.68. The molecule has 1 fully saturated rings. The molecule has 1 N–H and O–H groups in total. The lowest BCUT2D eigenvalue weighted by atomic mass is 10.3. The molecule has 3 rings (SSSR count). The van der Waals surface area contributed by atoms with Gasteiger partial charge < -0.3 is 4.90 Å². The SMILES string of the molecule is Cc1cc(C(=O)N2CCN(S(=O)(=O)c3cccc(Cl)c3Cl)CC2)n[nH]1. The lowest BCUT2D eigenvalue weighted by Gasteiger charge is -2.33. The largest absolute Gasteiger partial charge is 0.335 e. The molecule has 1 aromatic carbocycles. The molecule has 0 atom stereocenters. The zero-order chi connectivity index (χ0) is 18.2. The van der Waals surface area contributed by atoms with Crippen LogP contribution in [0, 0.1) is 6.92 Å². The van der Waals surface area contributed by atoms with E-state index in [9.17, 15) is 13.2 Å². The number of hydrogen-bond acceptors (Lipinski definition) is 4. The maximum absolute atomic E-state index is 12.8. The first-order valence-corrected chi connectivity index (χ1v) is 9.76. The van der Waals surface area contributed by atoms with Crippen molar-refractivity contribution in [2.24, 2.45) is 0 Å². The molecule has 0 saturated carbocycles. The molecule has 1 aliphatic rings. The Morgan fingerprint density at radius 2 is 1.88 bits per heavy atom. The number of nitrogens with zero attached hydrogens (tertiary/aromatic N) is 3. The van der Waals surface area contributed by atoms with Crippen molar-refractivity contribution in [3.8, 4) is 0 Å². The molecule has 2 aromatic rings. The molecule has 1 saturated heterocycles. The van der Waals surface area contributed by atoms with Crippen molar-refractivity contribution in [3.63, 3.8) is 0 Å². The number of H-pyrrole nitrogens is 1. The lowest BCUT2D eigenvalue weighted by molar-refractivity contribution is 0.0692. The van der Waals surface area contributed by atoms with E-state index in [4.69, 9.17) is 23.2 Å². The summed E-state index contributed by atoms with van der Waals surface area (Å²) in [6, 6.07) is 6.16. The maximum Gasteiger partial charge on any atom is 0.274 e. The molecular formula is C15H16Cl2N4O3S. The van der Waals surface area contributed by atoms with E-state index in [1.807, 2.05) is 6.92 Å². The van der Waals surface area contributed by atoms with Gasteiger partial charge in [-0.1, -0.05) is 29.3 Å². The molecule has 0 aliphatic carbocycles. The Morgan fingerprint density at radius 3 is 2.48 bits per heavy atom. The molecule has 0 spiro atoms. The second kappa shape index (κ2) is 6.95. The lowest BCUT2D eigenvalue weighted by Crippen LogP contribution is -2.50. The normalized spacial score (nSPS) is 16.2. The van der Waals surface area contributed by atoms with Crippen LogP contribution >= 0.6 is 23.2 Å². The Balaban J connectivity index is 1.73. The van der Waals surface area contributed by atoms with E-state index < -0.39 is 10.0 Å². The zero-order valence-electron chi connectivity index (χ0n) is 13.4. The highest BCUT2D eigenvalue weighted by Crippen LogP contribution is 2.31. The Morgan fingerprint density at radius 1 is 1.20 bits per heavy atom. The van der Waals surface area contributed by atoms with E-state index >= 15 is 0 Å². The molecule has 7 nitrogen and oxygen atoms in total. The first-order valence-electron chi connectivity index (χ1n) is 7.56. The number of aryl methyl sites for hydroxylation is 1. The first kappa shape index (κ1) is 18.2. The maximum atomic E-state index is 12.8. The van der Waals surface area contributed by atoms with Crippen LogP contribution in [0.1, 0.15) is 16.2 Å². The van der Waals surface area contributed by atoms with Gasteiger partial charge in [0.2, 0.25) is 10.0 Å². The van der Waals surface area contributed by atoms with E-state index in [1.165, 1.54) is 16.4 Å². The van der Waals surface area contributed by atoms with Crippen LogP contribution in [0.4, 0.5) is 0 Å². The number of aromatic nitrogens is 2. The number of piperazine rings is 1. The molecule has 1 aromatic heterocycles. The minimum atomic E-state index is -3.77. The molecule has 2 heterocycles. The van der Waals surface area contributed by atoms with Crippen molar-refractivity contribution in [2.45, 2.75) is 11.8 Å². The van der Waals surface area contributed by atoms with E-state index in [2.05, 4.69) is 10.2 Å². The fraction of sp³-hybridized carbons (Fsp3) is 0.333. The van der Waals surface area contributed by atoms with Gasteiger partial charge in [-0.15, -0.1) is 0 Å². The molecule has 1 aliphatic heterocycles. The fourth-order valence-electron chi connectivity index (χ4n) is 2.64. The minimum absolute atomic E-state index is 0.00895. The van der Waals surface area contributed by atoms with Crippen LogP contribution in [0.15, 0.2) is 29.2 Å². The number of halogens is 2. The van der Waals surface area contributed by atoms with Crippen LogP contribution < -0.4 is 0 Å². The van der Waals surface area contributed by atoms with Crippen LogP contribution in [-0.2, 0) is 10.0 Å². The van der Waals surface area contributed by atoms with Gasteiger partial charge >= 0.3 is 0 Å². The summed E-state index contributed by atoms with van der Waals surface area (Å²) in [5, 5.41) is 6.87. The Bertz CT molecular complexity index is 905. The van der Waals surface area contributed by atoms with E-state index in [0.29, 0.717) is 5.69 Å². The van der Waals surface area contributed by atoms with Crippen molar-refractivity contribution < 1.29 is 13.2 Å². The highest BCUT2D eigenvalue weighted by atomic mass is 35.5. The third-order valence-corrected chi connectivity index (χ3v) is 6.86. The minimum Gasteiger partial charge on any atom is -0.335 e. The fourth-order valence-corrected chi connectivity index (χ4v) is 4.80. The van der Waals surface area contributed by atoms with Gasteiger partial charge in [0.25, 0.3) is 5.91 Å². The van der Waals surface area contributed by atoms with Crippen LogP contribution in [-0.4, -0.2) is 59.9 Å². The number of benzene rings is 1. The second-order valence-corrected chi connectivity index (χ2v) is 8.38. The summed E-state index contributed by atoms with van der Waals surface area (Å²) in [5.74, 6) is -0.220. The molecular weight excluding hydrogens is 387 g/mol. The highest BCUT2D eigenvalue weighted by Gasteiger charge is 2.32. The molecule has 1 amide bonds. The molecule has 134 valence electrons. The van der Waals surface area contributed by atoms with Crippen LogP contribution in [0.25, 0.3) is 0 Å². The van der Waals surface area contributed by atoms with Gasteiger partial charge in [0.15, 0.2) is 0 Å². The molecule has 0 unspecified atom stereocenters. The average Bonchev–Trinajstić information content (AvgIpc) is 3.03. The molecule has 25 heavy (non-hydrogen) atoms. The van der Waals surface area contributed by atoms with E-state index in [1.54, 1.807) is 17.0 Å². The predicted molar refractivity (Wildman–Crippen MR) is 94.4 cm³/mol. The monoisotopic (exact) mass is 402 g/mol. The van der Waals surface area contributed by atoms with Crippen molar-refractivity contribution in [1.29, 1.82) is 0 Å². The van der Waals surface area contributed by atoms with Gasteiger partial charge in [0.1, 0.15) is 10.6 Å². The van der Waals surface area contributed by atoms with Crippen LogP contribution in [0.2, 0.25) is 10.0 Å². The van der Waals surface area contributed by atoms with E-state index in [0.717, 1.165) is 5.69 Å². The summed E-state index contributed by atoms with van der Waals surface area (Å²) in [4.78, 5) is 13.9. The van der Waals surface area contributed by atoms with Gasteiger partial charge in [0, 0.05) is 31.9 Å². The third kappa shape index (κ3) is 3.52. The number of carbonyl (C=O) groups is 1. The number of rotatable bonds is 3. The van der Waals surface area contributed by atoms with Crippen molar-refractivity contribution >= 4 is 39.1 Å². The topological polar surface area (TPSA) is 86.4 Å². The summed E-state index contributed by atoms with van der Waals surface area (Å²) < 4.78 is 26.9. The summed E-state index contributed by atoms with van der Waals surface area (Å²) in [6.07, 6.45) is 0. The summed E-state index contributed by atoms with van der Waals surface area (Å²) in [6.45, 7) is 2.73. The molecule has 0 radical (unpaired) electrons. The summed E-state index contributed by atoms with van der Waals surface area (Å²) >= 11 is 12.0. The van der Waals surface area contributed by atoms with Gasteiger partial charge in [-0.05, 0) is 25.1 Å². The number of sulfonamides is 1. The Hall–Kier alpha value is -1.61. The van der Waals surface area contributed by atoms with Gasteiger partial charge in [-0.2, -0.15) is 9.40 Å². The Kier molecular flexibility index (Phi) is 5.06. The average molecular weight is 403 g/mol. The summed E-state index contributed by atoms with van der Waals surface area (Å²) in [7, 11) is -3.77. The number of nitrogens with one attached hydrogen (secondary N) is 1. The van der Waals surface area contributed by atoms with Crippen molar-refractivity contribution in [2.75, 3.05) is 26.2 Å². The number of amides is 1. The number of carbonyl (C=O) groups excluding carboxylic acids is 1. The van der Waals surface area contributed by atoms with Gasteiger partial charge in [0.05, 0.1) is 10.0 Å². The standard InChI is InChI=1S/C15H16Cl2N4O3S/c1-10-9-12(19-18-10)15(22)20-5-7-21(8-6-20)25(23,24)13-4-2-3-11(16)14(13)17/h2-4,9H,5-8H2,1H3,(H,18,19). The zero-order valence-corrected chi connectivity index (χ0v) is 15.7. The van der Waals surface area contributed by atoms with Crippen LogP contribution in [0.3, 0.4) is 0 Å². The first-order chi connectivity index (χ1) is 11.8. The number of aromatic amines is 1. The van der Waals surface area contributed by atoms with Crippen molar-refractivity contribution in [3.05, 3.63) is 45.7 Å².